The Kier molecular flexibility index (Phi) is 4.06. The van der Waals surface area contributed by atoms with E-state index < -0.39 is 12.5 Å². The van der Waals surface area contributed by atoms with Crippen LogP contribution < -0.4 is 10.1 Å². The van der Waals surface area contributed by atoms with Crippen LogP contribution in [0.25, 0.3) is 0 Å². The van der Waals surface area contributed by atoms with Crippen molar-refractivity contribution in [2.45, 2.75) is 19.4 Å². The van der Waals surface area contributed by atoms with Gasteiger partial charge in [-0.05, 0) is 19.1 Å². The minimum atomic E-state index is -2.50. The zero-order valence-electron chi connectivity index (χ0n) is 9.00. The van der Waals surface area contributed by atoms with Gasteiger partial charge in [0.2, 0.25) is 0 Å². The second kappa shape index (κ2) is 5.31. The van der Waals surface area contributed by atoms with E-state index in [-0.39, 0.29) is 5.56 Å². The van der Waals surface area contributed by atoms with Crippen molar-refractivity contribution in [1.82, 2.24) is 0 Å². The SMILES string of the molecule is COc1cccc(C#N)c1NC(C)C(F)F. The van der Waals surface area contributed by atoms with Crippen LogP contribution in [0.4, 0.5) is 14.5 Å². The maximum atomic E-state index is 12.4. The van der Waals surface area contributed by atoms with E-state index in [9.17, 15) is 8.78 Å². The molecule has 1 unspecified atom stereocenters. The summed E-state index contributed by atoms with van der Waals surface area (Å²) >= 11 is 0. The molecule has 3 nitrogen and oxygen atoms in total. The molecule has 0 radical (unpaired) electrons. The van der Waals surface area contributed by atoms with E-state index in [1.165, 1.54) is 14.0 Å². The number of ether oxygens (including phenoxy) is 1. The van der Waals surface area contributed by atoms with Gasteiger partial charge in [0.25, 0.3) is 6.43 Å². The molecule has 0 spiro atoms. The third-order valence-electron chi connectivity index (χ3n) is 2.12. The largest absolute Gasteiger partial charge is 0.495 e. The van der Waals surface area contributed by atoms with Gasteiger partial charge < -0.3 is 10.1 Å². The molecule has 0 aromatic heterocycles. The molecule has 0 fully saturated rings. The van der Waals surface area contributed by atoms with Crippen LogP contribution in [0, 0.1) is 11.3 Å². The molecular formula is C11H12F2N2O. The Bertz CT molecular complexity index is 401. The van der Waals surface area contributed by atoms with E-state index in [0.29, 0.717) is 11.4 Å². The summed E-state index contributed by atoms with van der Waals surface area (Å²) in [7, 11) is 1.43. The Morgan fingerprint density at radius 1 is 1.44 bits per heavy atom. The lowest BCUT2D eigenvalue weighted by Gasteiger charge is -2.17. The van der Waals surface area contributed by atoms with Crippen molar-refractivity contribution in [3.8, 4) is 11.8 Å². The molecule has 86 valence electrons. The second-order valence-corrected chi connectivity index (χ2v) is 3.26. The molecule has 0 aliphatic heterocycles. The van der Waals surface area contributed by atoms with Gasteiger partial charge >= 0.3 is 0 Å². The van der Waals surface area contributed by atoms with Gasteiger partial charge in [0.1, 0.15) is 11.8 Å². The first-order valence-electron chi connectivity index (χ1n) is 4.72. The Hall–Kier alpha value is -1.83. The van der Waals surface area contributed by atoms with Gasteiger partial charge in [-0.15, -0.1) is 0 Å². The summed E-state index contributed by atoms with van der Waals surface area (Å²) in [5.41, 5.74) is 0.590. The van der Waals surface area contributed by atoms with E-state index in [0.717, 1.165) is 0 Å². The first-order valence-corrected chi connectivity index (χ1v) is 4.72. The number of alkyl halides is 2. The topological polar surface area (TPSA) is 45.0 Å². The van der Waals surface area contributed by atoms with E-state index in [1.807, 2.05) is 6.07 Å². The van der Waals surface area contributed by atoms with Crippen molar-refractivity contribution in [2.24, 2.45) is 0 Å². The zero-order chi connectivity index (χ0) is 12.1. The highest BCUT2D eigenvalue weighted by Gasteiger charge is 2.18. The normalized spacial score (nSPS) is 12.0. The highest BCUT2D eigenvalue weighted by molar-refractivity contribution is 5.66. The van der Waals surface area contributed by atoms with Crippen LogP contribution in [0.1, 0.15) is 12.5 Å². The number of benzene rings is 1. The highest BCUT2D eigenvalue weighted by atomic mass is 19.3. The minimum Gasteiger partial charge on any atom is -0.495 e. The van der Waals surface area contributed by atoms with E-state index >= 15 is 0 Å². The van der Waals surface area contributed by atoms with Crippen LogP contribution in [-0.4, -0.2) is 19.6 Å². The third-order valence-corrected chi connectivity index (χ3v) is 2.12. The molecule has 1 atom stereocenters. The van der Waals surface area contributed by atoms with Crippen LogP contribution >= 0.6 is 0 Å². The molecule has 0 bridgehead atoms. The van der Waals surface area contributed by atoms with Gasteiger partial charge in [-0.2, -0.15) is 5.26 Å². The van der Waals surface area contributed by atoms with Crippen LogP contribution in [0.3, 0.4) is 0 Å². The number of nitriles is 1. The van der Waals surface area contributed by atoms with Crippen molar-refractivity contribution in [3.63, 3.8) is 0 Å². The molecular weight excluding hydrogens is 214 g/mol. The lowest BCUT2D eigenvalue weighted by molar-refractivity contribution is 0.130. The summed E-state index contributed by atoms with van der Waals surface area (Å²) in [6, 6.07) is 5.68. The number of methoxy groups -OCH3 is 1. The quantitative estimate of drug-likeness (QED) is 0.858. The van der Waals surface area contributed by atoms with Gasteiger partial charge in [-0.25, -0.2) is 8.78 Å². The molecule has 1 aromatic rings. The van der Waals surface area contributed by atoms with Gasteiger partial charge in [-0.1, -0.05) is 6.07 Å². The fourth-order valence-electron chi connectivity index (χ4n) is 1.23. The molecule has 0 aliphatic carbocycles. The summed E-state index contributed by atoms with van der Waals surface area (Å²) in [6.45, 7) is 1.35. The molecule has 0 aliphatic rings. The van der Waals surface area contributed by atoms with Crippen LogP contribution in [0.5, 0.6) is 5.75 Å². The Labute approximate surface area is 92.6 Å². The number of halogens is 2. The predicted octanol–water partition coefficient (Wildman–Crippen LogP) is 2.63. The molecule has 1 aromatic carbocycles. The second-order valence-electron chi connectivity index (χ2n) is 3.26. The summed E-state index contributed by atoms with van der Waals surface area (Å²) in [5.74, 6) is 0.381. The third kappa shape index (κ3) is 2.60. The number of para-hydroxylation sites is 1. The van der Waals surface area contributed by atoms with Crippen LogP contribution in [0.15, 0.2) is 18.2 Å². The van der Waals surface area contributed by atoms with Gasteiger partial charge in [0.05, 0.1) is 24.4 Å². The van der Waals surface area contributed by atoms with Crippen LogP contribution in [0.2, 0.25) is 0 Å². The summed E-state index contributed by atoms with van der Waals surface area (Å²) in [6.07, 6.45) is -2.50. The molecule has 0 amide bonds. The van der Waals surface area contributed by atoms with Gasteiger partial charge in [0, 0.05) is 0 Å². The Morgan fingerprint density at radius 3 is 2.62 bits per heavy atom. The summed E-state index contributed by atoms with van der Waals surface area (Å²) < 4.78 is 29.8. The number of hydrogen-bond donors (Lipinski definition) is 1. The van der Waals surface area contributed by atoms with E-state index in [2.05, 4.69) is 5.32 Å². The smallest absolute Gasteiger partial charge is 0.258 e. The average molecular weight is 226 g/mol. The number of nitrogens with zero attached hydrogens (tertiary/aromatic N) is 1. The maximum Gasteiger partial charge on any atom is 0.258 e. The number of hydrogen-bond acceptors (Lipinski definition) is 3. The zero-order valence-corrected chi connectivity index (χ0v) is 9.00. The van der Waals surface area contributed by atoms with Crippen molar-refractivity contribution >= 4 is 5.69 Å². The standard InChI is InChI=1S/C11H12F2N2O/c1-7(11(12)13)15-10-8(6-14)4-3-5-9(10)16-2/h3-5,7,11,15H,1-2H3. The molecule has 1 N–H and O–H groups in total. The number of nitrogens with one attached hydrogen (secondary N) is 1. The van der Waals surface area contributed by atoms with Crippen molar-refractivity contribution < 1.29 is 13.5 Å². The maximum absolute atomic E-state index is 12.4. The molecule has 1 rings (SSSR count). The van der Waals surface area contributed by atoms with Gasteiger partial charge in [0.15, 0.2) is 0 Å². The summed E-state index contributed by atoms with van der Waals surface area (Å²) in [4.78, 5) is 0. The van der Waals surface area contributed by atoms with Gasteiger partial charge in [-0.3, -0.25) is 0 Å². The van der Waals surface area contributed by atoms with Crippen LogP contribution in [-0.2, 0) is 0 Å². The lowest BCUT2D eigenvalue weighted by Crippen LogP contribution is -2.24. The monoisotopic (exact) mass is 226 g/mol. The first kappa shape index (κ1) is 12.2. The fourth-order valence-corrected chi connectivity index (χ4v) is 1.23. The molecule has 0 saturated carbocycles. The van der Waals surface area contributed by atoms with Crippen molar-refractivity contribution in [2.75, 3.05) is 12.4 Å². The highest BCUT2D eigenvalue weighted by Crippen LogP contribution is 2.29. The Morgan fingerprint density at radius 2 is 2.12 bits per heavy atom. The minimum absolute atomic E-state index is 0.284. The lowest BCUT2D eigenvalue weighted by atomic mass is 10.1. The molecule has 16 heavy (non-hydrogen) atoms. The van der Waals surface area contributed by atoms with Crippen molar-refractivity contribution in [3.05, 3.63) is 23.8 Å². The Balaban J connectivity index is 3.05. The molecule has 0 saturated heterocycles. The number of anilines is 1. The fraction of sp³-hybridized carbons (Fsp3) is 0.364. The molecule has 5 heteroatoms. The summed E-state index contributed by atoms with van der Waals surface area (Å²) in [5, 5.41) is 11.4. The van der Waals surface area contributed by atoms with E-state index in [4.69, 9.17) is 10.00 Å². The first-order chi connectivity index (χ1) is 7.60. The van der Waals surface area contributed by atoms with E-state index in [1.54, 1.807) is 18.2 Å². The van der Waals surface area contributed by atoms with Crippen molar-refractivity contribution in [1.29, 1.82) is 5.26 Å². The number of rotatable bonds is 4. The molecule has 0 heterocycles. The predicted molar refractivity (Wildman–Crippen MR) is 56.8 cm³/mol. The average Bonchev–Trinajstić information content (AvgIpc) is 2.29.